The highest BCUT2D eigenvalue weighted by Crippen LogP contribution is 2.19. The van der Waals surface area contributed by atoms with Crippen LogP contribution in [0.5, 0.6) is 0 Å². The lowest BCUT2D eigenvalue weighted by atomic mass is 10.1. The van der Waals surface area contributed by atoms with Gasteiger partial charge in [-0.2, -0.15) is 0 Å². The van der Waals surface area contributed by atoms with Crippen molar-refractivity contribution in [2.24, 2.45) is 7.05 Å². The summed E-state index contributed by atoms with van der Waals surface area (Å²) in [5.74, 6) is 0. The molecule has 19 heavy (non-hydrogen) atoms. The van der Waals surface area contributed by atoms with Crippen LogP contribution in [0.15, 0.2) is 11.4 Å². The smallest absolute Gasteiger partial charge is 0.261 e. The number of aromatic nitrogens is 2. The third kappa shape index (κ3) is 4.78. The van der Waals surface area contributed by atoms with Gasteiger partial charge >= 0.3 is 0 Å². The van der Waals surface area contributed by atoms with E-state index in [1.807, 2.05) is 6.92 Å². The zero-order valence-corrected chi connectivity index (χ0v) is 13.3. The van der Waals surface area contributed by atoms with E-state index < -0.39 is 10.0 Å². The first-order chi connectivity index (χ1) is 8.88. The molecule has 1 unspecified atom stereocenters. The Morgan fingerprint density at radius 3 is 2.63 bits per heavy atom. The molecule has 0 bridgehead atoms. The summed E-state index contributed by atoms with van der Waals surface area (Å²) in [6.45, 7) is 4.01. The molecule has 1 N–H and O–H groups in total. The van der Waals surface area contributed by atoms with Crippen molar-refractivity contribution in [3.63, 3.8) is 0 Å². The minimum absolute atomic E-state index is 0.0999. The van der Waals surface area contributed by atoms with Gasteiger partial charge in [0.05, 0.1) is 6.33 Å². The van der Waals surface area contributed by atoms with Crippen molar-refractivity contribution in [1.29, 1.82) is 0 Å². The van der Waals surface area contributed by atoms with E-state index in [2.05, 4.69) is 16.6 Å². The van der Waals surface area contributed by atoms with Gasteiger partial charge in [-0.3, -0.25) is 0 Å². The quantitative estimate of drug-likeness (QED) is 0.751. The molecule has 0 aliphatic carbocycles. The first-order valence-corrected chi connectivity index (χ1v) is 8.43. The van der Waals surface area contributed by atoms with Gasteiger partial charge in [0.15, 0.2) is 0 Å². The molecule has 1 heterocycles. The third-order valence-electron chi connectivity index (χ3n) is 2.94. The molecule has 0 saturated heterocycles. The first kappa shape index (κ1) is 16.5. The van der Waals surface area contributed by atoms with Gasteiger partial charge in [-0.1, -0.05) is 44.2 Å². The molecule has 1 aromatic rings. The van der Waals surface area contributed by atoms with Crippen molar-refractivity contribution in [1.82, 2.24) is 14.3 Å². The molecule has 0 aliphatic heterocycles. The molecule has 0 saturated carbocycles. The molecule has 0 spiro atoms. The summed E-state index contributed by atoms with van der Waals surface area (Å²) in [5, 5.41) is 0.0303. The largest absolute Gasteiger partial charge is 0.324 e. The van der Waals surface area contributed by atoms with Crippen LogP contribution in [0.2, 0.25) is 5.15 Å². The molecular weight excluding hydrogens is 286 g/mol. The van der Waals surface area contributed by atoms with Gasteiger partial charge in [0.1, 0.15) is 5.15 Å². The minimum Gasteiger partial charge on any atom is -0.324 e. The zero-order chi connectivity index (χ0) is 14.5. The highest BCUT2D eigenvalue weighted by molar-refractivity contribution is 7.89. The molecule has 1 rings (SSSR count). The van der Waals surface area contributed by atoms with E-state index in [1.165, 1.54) is 23.7 Å². The molecule has 0 aromatic carbocycles. The summed E-state index contributed by atoms with van der Waals surface area (Å²) in [6.07, 6.45) is 6.72. The number of aryl methyl sites for hydroxylation is 1. The number of halogens is 1. The second-order valence-corrected chi connectivity index (χ2v) is 6.81. The van der Waals surface area contributed by atoms with Gasteiger partial charge in [-0.15, -0.1) is 0 Å². The summed E-state index contributed by atoms with van der Waals surface area (Å²) < 4.78 is 28.3. The number of hydrogen-bond donors (Lipinski definition) is 1. The van der Waals surface area contributed by atoms with Gasteiger partial charge in [-0.05, 0) is 13.3 Å². The van der Waals surface area contributed by atoms with Gasteiger partial charge in [-0.25, -0.2) is 18.1 Å². The summed E-state index contributed by atoms with van der Waals surface area (Å²) >= 11 is 5.90. The van der Waals surface area contributed by atoms with Crippen LogP contribution in [0.25, 0.3) is 0 Å². The van der Waals surface area contributed by atoms with Crippen LogP contribution in [0.4, 0.5) is 0 Å². The molecule has 1 aromatic heterocycles. The Balaban J connectivity index is 2.57. The van der Waals surface area contributed by atoms with Crippen LogP contribution >= 0.6 is 11.6 Å². The SMILES string of the molecule is CCCCCCC(C)NS(=O)(=O)c1ncn(C)c1Cl. The molecule has 0 radical (unpaired) electrons. The molecule has 7 heteroatoms. The van der Waals surface area contributed by atoms with Crippen LogP contribution in [0.1, 0.15) is 46.0 Å². The average Bonchev–Trinajstić information content (AvgIpc) is 2.66. The number of unbranched alkanes of at least 4 members (excludes halogenated alkanes) is 3. The lowest BCUT2D eigenvalue weighted by Crippen LogP contribution is -2.33. The van der Waals surface area contributed by atoms with Crippen LogP contribution in [-0.4, -0.2) is 24.0 Å². The molecule has 0 aliphatic rings. The molecule has 5 nitrogen and oxygen atoms in total. The van der Waals surface area contributed by atoms with E-state index in [1.54, 1.807) is 7.05 Å². The Bertz CT molecular complexity index is 499. The van der Waals surface area contributed by atoms with Crippen molar-refractivity contribution >= 4 is 21.6 Å². The summed E-state index contributed by atoms with van der Waals surface area (Å²) in [4.78, 5) is 3.83. The fraction of sp³-hybridized carbons (Fsp3) is 0.750. The maximum absolute atomic E-state index is 12.1. The minimum atomic E-state index is -3.63. The van der Waals surface area contributed by atoms with Crippen molar-refractivity contribution < 1.29 is 8.42 Å². The first-order valence-electron chi connectivity index (χ1n) is 6.57. The predicted octanol–water partition coefficient (Wildman–Crippen LogP) is 2.71. The average molecular weight is 308 g/mol. The Labute approximate surface area is 120 Å². The Hall–Kier alpha value is -0.590. The molecular formula is C12H22ClN3O2S. The second-order valence-electron chi connectivity index (χ2n) is 4.82. The summed E-state index contributed by atoms with van der Waals surface area (Å²) in [5.41, 5.74) is 0. The van der Waals surface area contributed by atoms with Crippen molar-refractivity contribution in [2.75, 3.05) is 0 Å². The monoisotopic (exact) mass is 307 g/mol. The van der Waals surface area contributed by atoms with E-state index in [4.69, 9.17) is 11.6 Å². The van der Waals surface area contributed by atoms with Crippen LogP contribution < -0.4 is 4.72 Å². The van der Waals surface area contributed by atoms with E-state index in [0.717, 1.165) is 19.3 Å². The fourth-order valence-corrected chi connectivity index (χ4v) is 3.54. The van der Waals surface area contributed by atoms with Crippen molar-refractivity contribution in [3.8, 4) is 0 Å². The maximum atomic E-state index is 12.1. The summed E-state index contributed by atoms with van der Waals surface area (Å²) in [7, 11) is -1.97. The zero-order valence-electron chi connectivity index (χ0n) is 11.7. The number of imidazole rings is 1. The number of sulfonamides is 1. The predicted molar refractivity (Wildman–Crippen MR) is 76.8 cm³/mol. The van der Waals surface area contributed by atoms with Crippen molar-refractivity contribution in [2.45, 2.75) is 57.0 Å². The van der Waals surface area contributed by atoms with Gasteiger partial charge in [0.2, 0.25) is 5.03 Å². The van der Waals surface area contributed by atoms with Crippen LogP contribution in [0, 0.1) is 0 Å². The highest BCUT2D eigenvalue weighted by atomic mass is 35.5. The second kappa shape index (κ2) is 7.26. The van der Waals surface area contributed by atoms with Crippen molar-refractivity contribution in [3.05, 3.63) is 11.5 Å². The lowest BCUT2D eigenvalue weighted by molar-refractivity contribution is 0.520. The maximum Gasteiger partial charge on any atom is 0.261 e. The summed E-state index contributed by atoms with van der Waals surface area (Å²) in [6, 6.07) is -0.111. The van der Waals surface area contributed by atoms with E-state index in [-0.39, 0.29) is 16.2 Å². The third-order valence-corrected chi connectivity index (χ3v) is 5.01. The molecule has 0 amide bonds. The lowest BCUT2D eigenvalue weighted by Gasteiger charge is -2.13. The van der Waals surface area contributed by atoms with Gasteiger partial charge in [0, 0.05) is 13.1 Å². The van der Waals surface area contributed by atoms with Gasteiger partial charge < -0.3 is 4.57 Å². The molecule has 0 fully saturated rings. The van der Waals surface area contributed by atoms with Crippen LogP contribution in [0.3, 0.4) is 0 Å². The highest BCUT2D eigenvalue weighted by Gasteiger charge is 2.23. The van der Waals surface area contributed by atoms with E-state index in [9.17, 15) is 8.42 Å². The topological polar surface area (TPSA) is 64.0 Å². The number of nitrogens with zero attached hydrogens (tertiary/aromatic N) is 2. The Morgan fingerprint density at radius 1 is 1.42 bits per heavy atom. The van der Waals surface area contributed by atoms with E-state index in [0.29, 0.717) is 0 Å². The number of rotatable bonds is 8. The molecule has 1 atom stereocenters. The molecule has 110 valence electrons. The fourth-order valence-electron chi connectivity index (χ4n) is 1.83. The standard InChI is InChI=1S/C12H22ClN3O2S/c1-4-5-6-7-8-10(2)15-19(17,18)12-11(13)16(3)9-14-12/h9-10,15H,4-8H2,1-3H3. The Kier molecular flexibility index (Phi) is 6.29. The Morgan fingerprint density at radius 2 is 2.11 bits per heavy atom. The number of nitrogens with one attached hydrogen (secondary N) is 1. The van der Waals surface area contributed by atoms with E-state index >= 15 is 0 Å². The normalized spacial score (nSPS) is 13.7. The van der Waals surface area contributed by atoms with Crippen LogP contribution in [-0.2, 0) is 17.1 Å². The van der Waals surface area contributed by atoms with Gasteiger partial charge in [0.25, 0.3) is 10.0 Å². The number of hydrogen-bond acceptors (Lipinski definition) is 3.